The van der Waals surface area contributed by atoms with Crippen molar-refractivity contribution < 1.29 is 13.2 Å². The summed E-state index contributed by atoms with van der Waals surface area (Å²) in [4.78, 5) is 2.00. The normalized spacial score (nSPS) is 20.4. The number of benzene rings is 1. The van der Waals surface area contributed by atoms with Gasteiger partial charge in [-0.3, -0.25) is 4.90 Å². The first-order chi connectivity index (χ1) is 10.0. The summed E-state index contributed by atoms with van der Waals surface area (Å²) in [7, 11) is -3.05. The molecule has 2 rings (SSSR count). The fourth-order valence-electron chi connectivity index (χ4n) is 2.31. The van der Waals surface area contributed by atoms with E-state index in [0.717, 1.165) is 23.6 Å². The van der Waals surface area contributed by atoms with E-state index < -0.39 is 15.2 Å². The van der Waals surface area contributed by atoms with Crippen LogP contribution in [0.2, 0.25) is 0 Å². The quantitative estimate of drug-likeness (QED) is 0.837. The van der Waals surface area contributed by atoms with E-state index in [1.807, 2.05) is 29.2 Å². The van der Waals surface area contributed by atoms with E-state index in [1.165, 1.54) is 6.26 Å². The molecule has 1 heterocycles. The molecule has 1 fully saturated rings. The second-order valence-corrected chi connectivity index (χ2v) is 8.45. The number of sulfone groups is 1. The van der Waals surface area contributed by atoms with E-state index in [4.69, 9.17) is 10.5 Å². The molecule has 1 aliphatic heterocycles. The monoisotopic (exact) mass is 330 g/mol. The van der Waals surface area contributed by atoms with E-state index in [2.05, 4.69) is 0 Å². The lowest BCUT2D eigenvalue weighted by atomic mass is 10.2. The van der Waals surface area contributed by atoms with E-state index >= 15 is 0 Å². The first kappa shape index (κ1) is 16.6. The molecule has 21 heavy (non-hydrogen) atoms. The Morgan fingerprint density at radius 3 is 3.00 bits per heavy atom. The zero-order valence-electron chi connectivity index (χ0n) is 12.2. The standard InChI is InChI=1S/C14H22N2O3S2/c1-21(17,18)14-11-20-8-6-16(14)5-7-19-13-4-2-3-12(9-13)10-15/h2-4,9,14H,5-8,10-11,15H2,1H3. The maximum absolute atomic E-state index is 11.8. The van der Waals surface area contributed by atoms with Gasteiger partial charge < -0.3 is 10.5 Å². The van der Waals surface area contributed by atoms with Gasteiger partial charge in [-0.2, -0.15) is 11.8 Å². The van der Waals surface area contributed by atoms with Crippen molar-refractivity contribution in [2.75, 3.05) is 37.5 Å². The average Bonchev–Trinajstić information content (AvgIpc) is 2.47. The van der Waals surface area contributed by atoms with Crippen LogP contribution in [0.25, 0.3) is 0 Å². The molecule has 118 valence electrons. The van der Waals surface area contributed by atoms with E-state index in [0.29, 0.717) is 25.4 Å². The fourth-order valence-corrected chi connectivity index (χ4v) is 5.28. The van der Waals surface area contributed by atoms with Crippen molar-refractivity contribution in [3.05, 3.63) is 29.8 Å². The maximum atomic E-state index is 11.8. The Morgan fingerprint density at radius 2 is 2.29 bits per heavy atom. The van der Waals surface area contributed by atoms with Crippen molar-refractivity contribution in [1.29, 1.82) is 0 Å². The molecule has 0 aliphatic carbocycles. The average molecular weight is 330 g/mol. The molecule has 1 saturated heterocycles. The second kappa shape index (κ2) is 7.49. The highest BCUT2D eigenvalue weighted by Crippen LogP contribution is 2.20. The predicted octanol–water partition coefficient (Wildman–Crippen LogP) is 0.944. The lowest BCUT2D eigenvalue weighted by Gasteiger charge is -2.33. The van der Waals surface area contributed by atoms with Gasteiger partial charge in [0.05, 0.1) is 0 Å². The van der Waals surface area contributed by atoms with Gasteiger partial charge in [-0.1, -0.05) is 12.1 Å². The van der Waals surface area contributed by atoms with Gasteiger partial charge in [-0.25, -0.2) is 8.42 Å². The number of nitrogens with zero attached hydrogens (tertiary/aromatic N) is 1. The minimum atomic E-state index is -3.05. The van der Waals surface area contributed by atoms with Gasteiger partial charge in [0.1, 0.15) is 17.7 Å². The van der Waals surface area contributed by atoms with Crippen LogP contribution in [0.3, 0.4) is 0 Å². The minimum absolute atomic E-state index is 0.393. The zero-order valence-corrected chi connectivity index (χ0v) is 13.8. The van der Waals surface area contributed by atoms with Gasteiger partial charge in [0, 0.05) is 37.4 Å². The molecule has 1 aromatic carbocycles. The molecule has 0 aromatic heterocycles. The van der Waals surface area contributed by atoms with Crippen LogP contribution in [0.15, 0.2) is 24.3 Å². The highest BCUT2D eigenvalue weighted by atomic mass is 32.2. The molecule has 7 heteroatoms. The molecular formula is C14H22N2O3S2. The van der Waals surface area contributed by atoms with Gasteiger partial charge in [0.25, 0.3) is 0 Å². The van der Waals surface area contributed by atoms with Crippen LogP contribution in [0.5, 0.6) is 5.75 Å². The molecule has 0 amide bonds. The molecule has 0 bridgehead atoms. The Morgan fingerprint density at radius 1 is 1.48 bits per heavy atom. The summed E-state index contributed by atoms with van der Waals surface area (Å²) in [6.07, 6.45) is 1.31. The summed E-state index contributed by atoms with van der Waals surface area (Å²) in [5.41, 5.74) is 6.62. The van der Waals surface area contributed by atoms with E-state index in [1.54, 1.807) is 11.8 Å². The third-order valence-corrected chi connectivity index (χ3v) is 6.15. The van der Waals surface area contributed by atoms with Crippen LogP contribution in [-0.4, -0.2) is 56.1 Å². The third kappa shape index (κ3) is 4.88. The Hall–Kier alpha value is -0.760. The third-order valence-electron chi connectivity index (χ3n) is 3.47. The zero-order chi connectivity index (χ0) is 15.3. The van der Waals surface area contributed by atoms with Crippen molar-refractivity contribution in [3.8, 4) is 5.75 Å². The summed E-state index contributed by atoms with van der Waals surface area (Å²) in [5, 5.41) is -0.393. The van der Waals surface area contributed by atoms with Gasteiger partial charge >= 0.3 is 0 Å². The number of thioether (sulfide) groups is 1. The molecule has 1 aromatic rings. The number of hydrogen-bond acceptors (Lipinski definition) is 6. The smallest absolute Gasteiger partial charge is 0.164 e. The summed E-state index contributed by atoms with van der Waals surface area (Å²) in [5.74, 6) is 2.39. The van der Waals surface area contributed by atoms with Crippen LogP contribution >= 0.6 is 11.8 Å². The Labute approximate surface area is 130 Å². The predicted molar refractivity (Wildman–Crippen MR) is 87.4 cm³/mol. The van der Waals surface area contributed by atoms with Crippen molar-refractivity contribution in [2.45, 2.75) is 11.9 Å². The van der Waals surface area contributed by atoms with Crippen LogP contribution in [-0.2, 0) is 16.4 Å². The molecule has 1 aliphatic rings. The van der Waals surface area contributed by atoms with E-state index in [9.17, 15) is 8.42 Å². The SMILES string of the molecule is CS(=O)(=O)C1CSCCN1CCOc1cccc(CN)c1. The molecule has 0 saturated carbocycles. The van der Waals surface area contributed by atoms with Crippen LogP contribution < -0.4 is 10.5 Å². The molecule has 5 nitrogen and oxygen atoms in total. The van der Waals surface area contributed by atoms with Crippen molar-refractivity contribution in [1.82, 2.24) is 4.90 Å². The lowest BCUT2D eigenvalue weighted by Crippen LogP contribution is -2.48. The van der Waals surface area contributed by atoms with Crippen molar-refractivity contribution in [2.24, 2.45) is 5.73 Å². The molecular weight excluding hydrogens is 308 g/mol. The Balaban J connectivity index is 1.89. The Bertz CT molecular complexity index is 563. The largest absolute Gasteiger partial charge is 0.492 e. The molecule has 1 atom stereocenters. The number of nitrogens with two attached hydrogens (primary N) is 1. The molecule has 0 radical (unpaired) electrons. The molecule has 0 spiro atoms. The molecule has 1 unspecified atom stereocenters. The second-order valence-electron chi connectivity index (χ2n) is 5.10. The van der Waals surface area contributed by atoms with Crippen LogP contribution in [0.1, 0.15) is 5.56 Å². The topological polar surface area (TPSA) is 72.6 Å². The van der Waals surface area contributed by atoms with Crippen molar-refractivity contribution in [3.63, 3.8) is 0 Å². The van der Waals surface area contributed by atoms with Gasteiger partial charge in [-0.15, -0.1) is 0 Å². The first-order valence-electron chi connectivity index (χ1n) is 6.93. The van der Waals surface area contributed by atoms with Crippen LogP contribution in [0, 0.1) is 0 Å². The van der Waals surface area contributed by atoms with Gasteiger partial charge in [0.2, 0.25) is 0 Å². The minimum Gasteiger partial charge on any atom is -0.492 e. The highest BCUT2D eigenvalue weighted by molar-refractivity contribution is 8.00. The molecule has 2 N–H and O–H groups in total. The number of rotatable bonds is 6. The summed E-state index contributed by atoms with van der Waals surface area (Å²) in [6.45, 7) is 2.36. The summed E-state index contributed by atoms with van der Waals surface area (Å²) < 4.78 is 29.3. The first-order valence-corrected chi connectivity index (χ1v) is 10.0. The van der Waals surface area contributed by atoms with Crippen LogP contribution in [0.4, 0.5) is 0 Å². The Kier molecular flexibility index (Phi) is 5.92. The highest BCUT2D eigenvalue weighted by Gasteiger charge is 2.30. The van der Waals surface area contributed by atoms with Crippen molar-refractivity contribution >= 4 is 21.6 Å². The summed E-state index contributed by atoms with van der Waals surface area (Å²) in [6, 6.07) is 7.67. The van der Waals surface area contributed by atoms with Gasteiger partial charge in [0.15, 0.2) is 9.84 Å². The fraction of sp³-hybridized carbons (Fsp3) is 0.571. The van der Waals surface area contributed by atoms with Gasteiger partial charge in [-0.05, 0) is 17.7 Å². The lowest BCUT2D eigenvalue weighted by molar-refractivity contribution is 0.206. The number of ether oxygens (including phenoxy) is 1. The summed E-state index contributed by atoms with van der Waals surface area (Å²) >= 11 is 1.69. The number of hydrogen-bond donors (Lipinski definition) is 1. The maximum Gasteiger partial charge on any atom is 0.164 e. The van der Waals surface area contributed by atoms with E-state index in [-0.39, 0.29) is 0 Å².